The van der Waals surface area contributed by atoms with E-state index in [4.69, 9.17) is 9.47 Å². The zero-order chi connectivity index (χ0) is 22.0. The molecule has 2 aliphatic rings. The number of fused-ring (bicyclic) bond motifs is 1. The fraction of sp³-hybridized carbons (Fsp3) is 0.333. The average molecular weight is 436 g/mol. The normalized spacial score (nSPS) is 18.5. The number of carbonyl (C=O) groups is 1. The Morgan fingerprint density at radius 3 is 2.68 bits per heavy atom. The lowest BCUT2D eigenvalue weighted by atomic mass is 9.85. The molecule has 1 atom stereocenters. The molecule has 0 spiro atoms. The Labute approximate surface area is 187 Å². The first-order valence-corrected chi connectivity index (χ1v) is 11.2. The van der Waals surface area contributed by atoms with Crippen molar-refractivity contribution >= 4 is 23.4 Å². The summed E-state index contributed by atoms with van der Waals surface area (Å²) in [6.07, 6.45) is 1.15. The highest BCUT2D eigenvalue weighted by molar-refractivity contribution is 8.03. The van der Waals surface area contributed by atoms with Crippen molar-refractivity contribution in [2.24, 2.45) is 0 Å². The summed E-state index contributed by atoms with van der Waals surface area (Å²) in [4.78, 5) is 17.2. The number of hydrogen-bond donors (Lipinski definition) is 0. The number of nitrogens with zero attached hydrogens (tertiary/aromatic N) is 3. The van der Waals surface area contributed by atoms with E-state index in [0.29, 0.717) is 29.6 Å². The Hall–Kier alpha value is -3.11. The maximum atomic E-state index is 13.2. The maximum Gasteiger partial charge on any atom is 0.229 e. The van der Waals surface area contributed by atoms with Crippen LogP contribution in [-0.2, 0) is 11.2 Å². The van der Waals surface area contributed by atoms with Crippen LogP contribution in [-0.4, -0.2) is 37.6 Å². The number of amides is 1. The van der Waals surface area contributed by atoms with Crippen LogP contribution in [0.5, 0.6) is 11.5 Å². The highest BCUT2D eigenvalue weighted by Gasteiger charge is 2.39. The van der Waals surface area contributed by atoms with Gasteiger partial charge in [-0.1, -0.05) is 49.0 Å². The van der Waals surface area contributed by atoms with Gasteiger partial charge in [0.15, 0.2) is 11.5 Å². The molecule has 0 bridgehead atoms. The predicted octanol–water partition coefficient (Wildman–Crippen LogP) is 4.49. The maximum absolute atomic E-state index is 13.2. The summed E-state index contributed by atoms with van der Waals surface area (Å²) >= 11 is 1.54. The SMILES string of the molecule is CCc1ccccc1N1CSC2=C(C#N)[C@@H](c3cccc(OC)c3OC)CC(=O)N2C1. The molecule has 0 aliphatic carbocycles. The molecule has 1 fully saturated rings. The second-order valence-electron chi connectivity index (χ2n) is 7.43. The molecule has 2 aliphatic heterocycles. The van der Waals surface area contributed by atoms with Gasteiger partial charge in [-0.25, -0.2) is 0 Å². The van der Waals surface area contributed by atoms with Crippen LogP contribution in [0, 0.1) is 11.3 Å². The summed E-state index contributed by atoms with van der Waals surface area (Å²) < 4.78 is 11.0. The fourth-order valence-electron chi connectivity index (χ4n) is 4.29. The summed E-state index contributed by atoms with van der Waals surface area (Å²) in [5, 5.41) is 10.8. The standard InChI is InChI=1S/C24H25N3O3S/c1-4-16-8-5-6-10-20(16)26-14-27-22(28)12-18(19(13-25)24(27)31-15-26)17-9-7-11-21(29-2)23(17)30-3/h5-11,18H,4,12,14-15H2,1-3H3/t18-/m1/s1. The van der Waals surface area contributed by atoms with E-state index in [1.54, 1.807) is 30.9 Å². The minimum atomic E-state index is -0.351. The quantitative estimate of drug-likeness (QED) is 0.690. The lowest BCUT2D eigenvalue weighted by molar-refractivity contribution is -0.129. The number of nitriles is 1. The Morgan fingerprint density at radius 1 is 1.16 bits per heavy atom. The summed E-state index contributed by atoms with van der Waals surface area (Å²) in [6.45, 7) is 2.58. The van der Waals surface area contributed by atoms with Crippen molar-refractivity contribution in [3.05, 3.63) is 64.2 Å². The molecular weight excluding hydrogens is 410 g/mol. The van der Waals surface area contributed by atoms with E-state index in [1.807, 2.05) is 30.3 Å². The van der Waals surface area contributed by atoms with Gasteiger partial charge in [-0.15, -0.1) is 0 Å². The molecule has 0 radical (unpaired) electrons. The van der Waals surface area contributed by atoms with Crippen LogP contribution < -0.4 is 14.4 Å². The molecule has 31 heavy (non-hydrogen) atoms. The lowest BCUT2D eigenvalue weighted by Gasteiger charge is -2.42. The fourth-order valence-corrected chi connectivity index (χ4v) is 5.44. The molecule has 2 aromatic rings. The number of anilines is 1. The molecule has 2 aromatic carbocycles. The van der Waals surface area contributed by atoms with Crippen LogP contribution in [0.3, 0.4) is 0 Å². The second-order valence-corrected chi connectivity index (χ2v) is 8.36. The Bertz CT molecular complexity index is 1080. The molecule has 1 saturated heterocycles. The molecule has 1 amide bonds. The third kappa shape index (κ3) is 3.72. The number of methoxy groups -OCH3 is 2. The lowest BCUT2D eigenvalue weighted by Crippen LogP contribution is -2.47. The molecular formula is C24H25N3O3S. The number of allylic oxidation sites excluding steroid dienone is 1. The smallest absolute Gasteiger partial charge is 0.229 e. The molecule has 0 unspecified atom stereocenters. The van der Waals surface area contributed by atoms with Crippen LogP contribution >= 0.6 is 11.8 Å². The van der Waals surface area contributed by atoms with Crippen LogP contribution in [0.2, 0.25) is 0 Å². The number of para-hydroxylation sites is 2. The molecule has 160 valence electrons. The summed E-state index contributed by atoms with van der Waals surface area (Å²) in [5.74, 6) is 1.51. The van der Waals surface area contributed by atoms with E-state index in [9.17, 15) is 10.1 Å². The number of hydrogen-bond acceptors (Lipinski definition) is 6. The van der Waals surface area contributed by atoms with Gasteiger partial charge in [0, 0.05) is 23.6 Å². The third-order valence-electron chi connectivity index (χ3n) is 5.82. The summed E-state index contributed by atoms with van der Waals surface area (Å²) in [7, 11) is 3.16. The highest BCUT2D eigenvalue weighted by atomic mass is 32.2. The van der Waals surface area contributed by atoms with Gasteiger partial charge in [0.2, 0.25) is 5.91 Å². The summed E-state index contributed by atoms with van der Waals surface area (Å²) in [6, 6.07) is 16.3. The van der Waals surface area contributed by atoms with E-state index < -0.39 is 0 Å². The average Bonchev–Trinajstić information content (AvgIpc) is 2.83. The first-order valence-electron chi connectivity index (χ1n) is 10.2. The predicted molar refractivity (Wildman–Crippen MR) is 122 cm³/mol. The molecule has 0 saturated carbocycles. The van der Waals surface area contributed by atoms with E-state index in [1.165, 1.54) is 5.56 Å². The van der Waals surface area contributed by atoms with Crippen LogP contribution in [0.15, 0.2) is 53.1 Å². The van der Waals surface area contributed by atoms with Gasteiger partial charge in [0.25, 0.3) is 0 Å². The van der Waals surface area contributed by atoms with Gasteiger partial charge in [-0.3, -0.25) is 9.69 Å². The molecule has 4 rings (SSSR count). The van der Waals surface area contributed by atoms with Gasteiger partial charge >= 0.3 is 0 Å². The zero-order valence-corrected chi connectivity index (χ0v) is 18.7. The van der Waals surface area contributed by atoms with Crippen molar-refractivity contribution in [3.63, 3.8) is 0 Å². The molecule has 6 nitrogen and oxygen atoms in total. The zero-order valence-electron chi connectivity index (χ0n) is 17.9. The van der Waals surface area contributed by atoms with Crippen molar-refractivity contribution in [2.75, 3.05) is 31.7 Å². The van der Waals surface area contributed by atoms with Crippen molar-refractivity contribution in [2.45, 2.75) is 25.7 Å². The number of thioether (sulfide) groups is 1. The molecule has 2 heterocycles. The minimum absolute atomic E-state index is 0.00931. The third-order valence-corrected chi connectivity index (χ3v) is 6.97. The van der Waals surface area contributed by atoms with Crippen LogP contribution in [0.4, 0.5) is 5.69 Å². The number of aryl methyl sites for hydroxylation is 1. The molecule has 0 N–H and O–H groups in total. The Kier molecular flexibility index (Phi) is 6.10. The monoisotopic (exact) mass is 435 g/mol. The van der Waals surface area contributed by atoms with Gasteiger partial charge < -0.3 is 14.4 Å². The first-order chi connectivity index (χ1) is 15.1. The van der Waals surface area contributed by atoms with E-state index >= 15 is 0 Å². The highest BCUT2D eigenvalue weighted by Crippen LogP contribution is 2.47. The van der Waals surface area contributed by atoms with Crippen LogP contribution in [0.1, 0.15) is 30.4 Å². The summed E-state index contributed by atoms with van der Waals surface area (Å²) in [5.41, 5.74) is 3.80. The Morgan fingerprint density at radius 2 is 1.97 bits per heavy atom. The molecule has 0 aromatic heterocycles. The number of benzene rings is 2. The second kappa shape index (κ2) is 8.94. The van der Waals surface area contributed by atoms with Crippen molar-refractivity contribution in [1.82, 2.24) is 4.90 Å². The van der Waals surface area contributed by atoms with E-state index in [-0.39, 0.29) is 18.2 Å². The number of ether oxygens (including phenoxy) is 2. The minimum Gasteiger partial charge on any atom is -0.493 e. The van der Waals surface area contributed by atoms with E-state index in [2.05, 4.69) is 30.0 Å². The van der Waals surface area contributed by atoms with Gasteiger partial charge in [-0.05, 0) is 24.1 Å². The Balaban J connectivity index is 1.72. The largest absolute Gasteiger partial charge is 0.493 e. The molecule has 7 heteroatoms. The number of carbonyl (C=O) groups excluding carboxylic acids is 1. The van der Waals surface area contributed by atoms with Gasteiger partial charge in [-0.2, -0.15) is 5.26 Å². The topological polar surface area (TPSA) is 65.8 Å². The van der Waals surface area contributed by atoms with Crippen molar-refractivity contribution in [3.8, 4) is 17.6 Å². The van der Waals surface area contributed by atoms with Crippen molar-refractivity contribution in [1.29, 1.82) is 5.26 Å². The van der Waals surface area contributed by atoms with E-state index in [0.717, 1.165) is 22.7 Å². The van der Waals surface area contributed by atoms with Crippen LogP contribution in [0.25, 0.3) is 0 Å². The van der Waals surface area contributed by atoms with Gasteiger partial charge in [0.1, 0.15) is 0 Å². The van der Waals surface area contributed by atoms with Crippen molar-refractivity contribution < 1.29 is 14.3 Å². The van der Waals surface area contributed by atoms with Gasteiger partial charge in [0.05, 0.1) is 43.4 Å². The first kappa shape index (κ1) is 21.1. The number of rotatable bonds is 5.